The van der Waals surface area contributed by atoms with Crippen molar-refractivity contribution in [1.29, 1.82) is 0 Å². The molecule has 1 aromatic heterocycles. The van der Waals surface area contributed by atoms with E-state index < -0.39 is 10.9 Å². The van der Waals surface area contributed by atoms with Gasteiger partial charge in [0.2, 0.25) is 6.33 Å². The zero-order chi connectivity index (χ0) is 14.5. The number of ketones is 1. The second-order valence-electron chi connectivity index (χ2n) is 4.10. The van der Waals surface area contributed by atoms with Gasteiger partial charge >= 0.3 is 5.95 Å². The Labute approximate surface area is 122 Å². The first-order valence-electron chi connectivity index (χ1n) is 5.89. The van der Waals surface area contributed by atoms with Gasteiger partial charge in [0.05, 0.1) is 6.54 Å². The second-order valence-corrected chi connectivity index (χ2v) is 5.01. The largest absolute Gasteiger partial charge is 0.490 e. The molecule has 7 nitrogen and oxygen atoms in total. The molecule has 0 bridgehead atoms. The van der Waals surface area contributed by atoms with Crippen LogP contribution in [0.25, 0.3) is 0 Å². The zero-order valence-corrected chi connectivity index (χ0v) is 12.0. The van der Waals surface area contributed by atoms with Crippen LogP contribution in [0.4, 0.5) is 5.95 Å². The van der Waals surface area contributed by atoms with E-state index in [1.807, 2.05) is 12.1 Å². The summed E-state index contributed by atoms with van der Waals surface area (Å²) in [4.78, 5) is 25.2. The SMILES string of the molecule is O=C(CCCn1cnc([N+](=O)[O-])n1)c1ccc(Br)cc1. The van der Waals surface area contributed by atoms with E-state index >= 15 is 0 Å². The van der Waals surface area contributed by atoms with Gasteiger partial charge in [-0.1, -0.05) is 33.0 Å². The number of aryl methyl sites for hydroxylation is 1. The number of hydrogen-bond donors (Lipinski definition) is 0. The van der Waals surface area contributed by atoms with Gasteiger partial charge in [-0.05, 0) is 23.5 Å². The predicted molar refractivity (Wildman–Crippen MR) is 74.4 cm³/mol. The van der Waals surface area contributed by atoms with Crippen LogP contribution in [0.5, 0.6) is 0 Å². The van der Waals surface area contributed by atoms with Crippen LogP contribution >= 0.6 is 15.9 Å². The molecule has 0 atom stereocenters. The lowest BCUT2D eigenvalue weighted by molar-refractivity contribution is -0.394. The second kappa shape index (κ2) is 6.38. The van der Waals surface area contributed by atoms with Crippen LogP contribution in [0.2, 0.25) is 0 Å². The van der Waals surface area contributed by atoms with Gasteiger partial charge in [-0.25, -0.2) is 0 Å². The first-order valence-corrected chi connectivity index (χ1v) is 6.68. The molecule has 0 saturated heterocycles. The van der Waals surface area contributed by atoms with Crippen molar-refractivity contribution < 1.29 is 9.72 Å². The summed E-state index contributed by atoms with van der Waals surface area (Å²) >= 11 is 3.31. The summed E-state index contributed by atoms with van der Waals surface area (Å²) < 4.78 is 2.29. The number of nitro groups is 1. The molecule has 1 heterocycles. The molecule has 0 amide bonds. The molecule has 0 aliphatic carbocycles. The fraction of sp³-hybridized carbons (Fsp3) is 0.250. The minimum Gasteiger partial charge on any atom is -0.390 e. The fourth-order valence-electron chi connectivity index (χ4n) is 1.66. The molecular weight excluding hydrogens is 328 g/mol. The standard InChI is InChI=1S/C12H11BrN4O3/c13-10-5-3-9(4-6-10)11(18)2-1-7-16-8-14-12(15-16)17(19)20/h3-6,8H,1-2,7H2. The van der Waals surface area contributed by atoms with Gasteiger partial charge in [0.1, 0.15) is 0 Å². The third kappa shape index (κ3) is 3.70. The Morgan fingerprint density at radius 1 is 1.35 bits per heavy atom. The average Bonchev–Trinajstić information content (AvgIpc) is 2.88. The Kier molecular flexibility index (Phi) is 4.57. The number of carbonyl (C=O) groups excluding carboxylic acids is 1. The van der Waals surface area contributed by atoms with Crippen molar-refractivity contribution in [3.8, 4) is 0 Å². The van der Waals surface area contributed by atoms with Crippen LogP contribution in [-0.4, -0.2) is 25.5 Å². The Morgan fingerprint density at radius 3 is 2.65 bits per heavy atom. The van der Waals surface area contributed by atoms with Gasteiger partial charge < -0.3 is 10.1 Å². The molecule has 2 rings (SSSR count). The van der Waals surface area contributed by atoms with E-state index in [2.05, 4.69) is 26.0 Å². The van der Waals surface area contributed by atoms with Gasteiger partial charge in [-0.3, -0.25) is 4.79 Å². The van der Waals surface area contributed by atoms with E-state index in [1.54, 1.807) is 12.1 Å². The van der Waals surface area contributed by atoms with Crippen LogP contribution in [0, 0.1) is 10.1 Å². The van der Waals surface area contributed by atoms with E-state index in [0.29, 0.717) is 24.9 Å². The summed E-state index contributed by atoms with van der Waals surface area (Å²) in [6.45, 7) is 0.420. The molecule has 104 valence electrons. The van der Waals surface area contributed by atoms with Crippen molar-refractivity contribution in [2.75, 3.05) is 0 Å². The normalized spacial score (nSPS) is 10.4. The first kappa shape index (κ1) is 14.3. The van der Waals surface area contributed by atoms with Crippen LogP contribution < -0.4 is 0 Å². The summed E-state index contributed by atoms with van der Waals surface area (Å²) in [5.41, 5.74) is 0.651. The number of halogens is 1. The Hall–Kier alpha value is -2.09. The molecule has 0 aliphatic rings. The average molecular weight is 339 g/mol. The summed E-state index contributed by atoms with van der Waals surface area (Å²) in [5.74, 6) is -0.392. The quantitative estimate of drug-likeness (QED) is 0.458. The van der Waals surface area contributed by atoms with Crippen LogP contribution in [0.1, 0.15) is 23.2 Å². The minimum atomic E-state index is -0.649. The lowest BCUT2D eigenvalue weighted by Gasteiger charge is -2.00. The van der Waals surface area contributed by atoms with Gasteiger partial charge in [-0.15, -0.1) is 0 Å². The number of nitrogens with zero attached hydrogens (tertiary/aromatic N) is 4. The van der Waals surface area contributed by atoms with Crippen molar-refractivity contribution in [3.63, 3.8) is 0 Å². The molecule has 0 aliphatic heterocycles. The smallest absolute Gasteiger partial charge is 0.390 e. The Bertz CT molecular complexity index is 624. The topological polar surface area (TPSA) is 90.9 Å². The van der Waals surface area contributed by atoms with Crippen molar-refractivity contribution in [3.05, 3.63) is 50.7 Å². The molecule has 0 N–H and O–H groups in total. The molecule has 0 radical (unpaired) electrons. The van der Waals surface area contributed by atoms with E-state index in [4.69, 9.17) is 0 Å². The summed E-state index contributed by atoms with van der Waals surface area (Å²) in [6, 6.07) is 7.14. The van der Waals surface area contributed by atoms with Gasteiger partial charge in [-0.2, -0.15) is 4.68 Å². The highest BCUT2D eigenvalue weighted by atomic mass is 79.9. The number of aromatic nitrogens is 3. The molecule has 0 fully saturated rings. The molecule has 8 heteroatoms. The fourth-order valence-corrected chi connectivity index (χ4v) is 1.92. The summed E-state index contributed by atoms with van der Waals surface area (Å²) in [5, 5.41) is 14.1. The summed E-state index contributed by atoms with van der Waals surface area (Å²) in [6.07, 6.45) is 2.20. The number of benzene rings is 1. The van der Waals surface area contributed by atoms with Crippen molar-refractivity contribution in [1.82, 2.24) is 14.8 Å². The van der Waals surface area contributed by atoms with Crippen LogP contribution in [0.15, 0.2) is 35.1 Å². The molecule has 0 unspecified atom stereocenters. The lowest BCUT2D eigenvalue weighted by Crippen LogP contribution is -2.04. The molecule has 2 aromatic rings. The van der Waals surface area contributed by atoms with Crippen molar-refractivity contribution in [2.24, 2.45) is 0 Å². The number of hydrogen-bond acceptors (Lipinski definition) is 5. The Balaban J connectivity index is 1.84. The maximum Gasteiger partial charge on any atom is 0.490 e. The van der Waals surface area contributed by atoms with E-state index in [-0.39, 0.29) is 5.78 Å². The highest BCUT2D eigenvalue weighted by Gasteiger charge is 2.13. The van der Waals surface area contributed by atoms with Gasteiger partial charge in [0, 0.05) is 21.6 Å². The molecule has 0 saturated carbocycles. The number of carbonyl (C=O) groups is 1. The number of Topliss-reactive ketones (excluding diaryl/α,β-unsaturated/α-hetero) is 1. The minimum absolute atomic E-state index is 0.0344. The highest BCUT2D eigenvalue weighted by molar-refractivity contribution is 9.10. The third-order valence-corrected chi connectivity index (χ3v) is 3.17. The van der Waals surface area contributed by atoms with Gasteiger partial charge in [0.15, 0.2) is 5.78 Å². The van der Waals surface area contributed by atoms with Crippen LogP contribution in [-0.2, 0) is 6.54 Å². The van der Waals surface area contributed by atoms with E-state index in [1.165, 1.54) is 11.0 Å². The van der Waals surface area contributed by atoms with E-state index in [9.17, 15) is 14.9 Å². The third-order valence-electron chi connectivity index (χ3n) is 2.64. The summed E-state index contributed by atoms with van der Waals surface area (Å²) in [7, 11) is 0. The molecule has 0 spiro atoms. The molecule has 20 heavy (non-hydrogen) atoms. The molecule has 1 aromatic carbocycles. The Morgan fingerprint density at radius 2 is 2.05 bits per heavy atom. The maximum atomic E-state index is 11.9. The zero-order valence-electron chi connectivity index (χ0n) is 10.4. The monoisotopic (exact) mass is 338 g/mol. The number of rotatable bonds is 6. The van der Waals surface area contributed by atoms with E-state index in [0.717, 1.165) is 4.47 Å². The van der Waals surface area contributed by atoms with Crippen molar-refractivity contribution in [2.45, 2.75) is 19.4 Å². The van der Waals surface area contributed by atoms with Crippen LogP contribution in [0.3, 0.4) is 0 Å². The lowest BCUT2D eigenvalue weighted by atomic mass is 10.1. The van der Waals surface area contributed by atoms with Gasteiger partial charge in [0.25, 0.3) is 0 Å². The highest BCUT2D eigenvalue weighted by Crippen LogP contribution is 2.13. The first-order chi connectivity index (χ1) is 9.56. The maximum absolute atomic E-state index is 11.9. The van der Waals surface area contributed by atoms with Crippen molar-refractivity contribution >= 4 is 27.7 Å². The molecular formula is C12H11BrN4O3. The predicted octanol–water partition coefficient (Wildman–Crippen LogP) is 2.61.